The molecule has 0 saturated heterocycles. The van der Waals surface area contributed by atoms with E-state index in [1.807, 2.05) is 42.5 Å². The normalized spacial score (nSPS) is 10.3. The second-order valence-electron chi connectivity index (χ2n) is 5.61. The van der Waals surface area contributed by atoms with Crippen LogP contribution < -0.4 is 10.7 Å². The van der Waals surface area contributed by atoms with Gasteiger partial charge in [0.1, 0.15) is 0 Å². The highest BCUT2D eigenvalue weighted by Crippen LogP contribution is 2.19. The van der Waals surface area contributed by atoms with Crippen molar-refractivity contribution in [3.8, 4) is 0 Å². The number of hydrazine groups is 1. The summed E-state index contributed by atoms with van der Waals surface area (Å²) in [4.78, 5) is 0. The molecule has 0 heterocycles. The minimum absolute atomic E-state index is 0.231. The fourth-order valence-electron chi connectivity index (χ4n) is 2.56. The number of hydrogen-bond donors (Lipinski definition) is 3. The number of nitrogens with one attached hydrogen (secondary N) is 3. The van der Waals surface area contributed by atoms with E-state index in [9.17, 15) is 0 Å². The summed E-state index contributed by atoms with van der Waals surface area (Å²) in [5.74, 6) is 0.231. The maximum atomic E-state index is 7.99. The lowest BCUT2D eigenvalue weighted by Gasteiger charge is -2.08. The Bertz CT molecular complexity index is 856. The Morgan fingerprint density at radius 3 is 2.42 bits per heavy atom. The highest BCUT2D eigenvalue weighted by Gasteiger charge is 2.09. The molecule has 3 aromatic carbocycles. The molecule has 0 aromatic heterocycles. The van der Waals surface area contributed by atoms with Crippen molar-refractivity contribution in [3.63, 3.8) is 0 Å². The topological polar surface area (TPSA) is 50.9 Å². The van der Waals surface area contributed by atoms with Crippen molar-refractivity contribution in [1.29, 1.82) is 5.41 Å². The number of hydrogen-bond acceptors (Lipinski definition) is 1. The predicted molar refractivity (Wildman–Crippen MR) is 100 cm³/mol. The van der Waals surface area contributed by atoms with E-state index in [1.165, 1.54) is 10.9 Å². The lowest BCUT2D eigenvalue weighted by molar-refractivity contribution is -0.478. The number of hydrazone groups is 1. The van der Waals surface area contributed by atoms with Crippen molar-refractivity contribution < 1.29 is 4.68 Å². The second kappa shape index (κ2) is 7.42. The van der Waals surface area contributed by atoms with Crippen molar-refractivity contribution >= 4 is 29.1 Å². The van der Waals surface area contributed by atoms with Crippen molar-refractivity contribution in [2.24, 2.45) is 0 Å². The average Bonchev–Trinajstić information content (AvgIpc) is 2.62. The lowest BCUT2D eigenvalue weighted by Crippen LogP contribution is -2.41. The van der Waals surface area contributed by atoms with Gasteiger partial charge in [-0.1, -0.05) is 59.3 Å². The summed E-state index contributed by atoms with van der Waals surface area (Å²) in [5.41, 5.74) is 5.10. The van der Waals surface area contributed by atoms with E-state index in [4.69, 9.17) is 5.41 Å². The SMILES string of the molecule is C=[N+](NC(=N)NCCc1ccccc1)c1ccc2ccccc2c1. The molecule has 0 radical (unpaired) electrons. The molecule has 0 unspecified atom stereocenters. The molecule has 0 saturated carbocycles. The number of fused-ring (bicyclic) bond motifs is 1. The number of rotatable bonds is 5. The Hall–Kier alpha value is -3.14. The summed E-state index contributed by atoms with van der Waals surface area (Å²) >= 11 is 0. The van der Waals surface area contributed by atoms with Gasteiger partial charge in [-0.15, -0.1) is 5.43 Å². The van der Waals surface area contributed by atoms with E-state index < -0.39 is 0 Å². The molecular formula is C20H21N4+. The Balaban J connectivity index is 1.54. The molecule has 4 heteroatoms. The highest BCUT2D eigenvalue weighted by atomic mass is 15.5. The first kappa shape index (κ1) is 15.7. The molecule has 3 rings (SSSR count). The van der Waals surface area contributed by atoms with Gasteiger partial charge in [-0.25, -0.2) is 0 Å². The van der Waals surface area contributed by atoms with Crippen LogP contribution in [0.25, 0.3) is 10.8 Å². The van der Waals surface area contributed by atoms with Gasteiger partial charge in [0.15, 0.2) is 6.72 Å². The summed E-state index contributed by atoms with van der Waals surface area (Å²) in [5, 5.41) is 13.4. The van der Waals surface area contributed by atoms with Crippen molar-refractivity contribution in [3.05, 3.63) is 78.4 Å². The quantitative estimate of drug-likeness (QED) is 0.292. The molecule has 3 aromatic rings. The molecule has 3 N–H and O–H groups in total. The molecule has 24 heavy (non-hydrogen) atoms. The maximum absolute atomic E-state index is 7.99. The van der Waals surface area contributed by atoms with Crippen LogP contribution in [0.1, 0.15) is 5.56 Å². The third-order valence-electron chi connectivity index (χ3n) is 3.85. The van der Waals surface area contributed by atoms with E-state index in [1.54, 1.807) is 4.68 Å². The first-order valence-electron chi connectivity index (χ1n) is 7.95. The highest BCUT2D eigenvalue weighted by molar-refractivity contribution is 5.84. The minimum Gasteiger partial charge on any atom is -0.352 e. The van der Waals surface area contributed by atoms with E-state index >= 15 is 0 Å². The summed E-state index contributed by atoms with van der Waals surface area (Å²) < 4.78 is 1.60. The van der Waals surface area contributed by atoms with Crippen LogP contribution >= 0.6 is 0 Å². The number of benzene rings is 3. The predicted octanol–water partition coefficient (Wildman–Crippen LogP) is 3.46. The van der Waals surface area contributed by atoms with E-state index in [-0.39, 0.29) is 5.96 Å². The van der Waals surface area contributed by atoms with Gasteiger partial charge >= 0.3 is 0 Å². The monoisotopic (exact) mass is 317 g/mol. The van der Waals surface area contributed by atoms with Gasteiger partial charge in [0.05, 0.1) is 0 Å². The summed E-state index contributed by atoms with van der Waals surface area (Å²) in [6.45, 7) is 4.66. The average molecular weight is 317 g/mol. The summed E-state index contributed by atoms with van der Waals surface area (Å²) in [7, 11) is 0. The Morgan fingerprint density at radius 1 is 0.917 bits per heavy atom. The third kappa shape index (κ3) is 3.98. The van der Waals surface area contributed by atoms with Crippen LogP contribution in [0.15, 0.2) is 72.8 Å². The van der Waals surface area contributed by atoms with E-state index in [0.29, 0.717) is 6.54 Å². The first-order valence-corrected chi connectivity index (χ1v) is 7.95. The fraction of sp³-hybridized carbons (Fsp3) is 0.100. The molecular weight excluding hydrogens is 296 g/mol. The molecule has 0 fully saturated rings. The Labute approximate surface area is 141 Å². The molecule has 0 aliphatic rings. The lowest BCUT2D eigenvalue weighted by atomic mass is 10.1. The number of nitrogens with zero attached hydrogens (tertiary/aromatic N) is 1. The van der Waals surface area contributed by atoms with E-state index in [2.05, 4.69) is 47.8 Å². The second-order valence-corrected chi connectivity index (χ2v) is 5.61. The molecule has 0 bridgehead atoms. The van der Waals surface area contributed by atoms with Gasteiger partial charge in [-0.3, -0.25) is 5.41 Å². The third-order valence-corrected chi connectivity index (χ3v) is 3.85. The van der Waals surface area contributed by atoms with Crippen LogP contribution in [-0.4, -0.2) is 23.9 Å². The molecule has 0 spiro atoms. The fourth-order valence-corrected chi connectivity index (χ4v) is 2.56. The largest absolute Gasteiger partial charge is 0.352 e. The summed E-state index contributed by atoms with van der Waals surface area (Å²) in [6.07, 6.45) is 0.873. The van der Waals surface area contributed by atoms with Crippen molar-refractivity contribution in [1.82, 2.24) is 10.7 Å². The Kier molecular flexibility index (Phi) is 4.87. The van der Waals surface area contributed by atoms with Crippen LogP contribution in [-0.2, 0) is 6.42 Å². The van der Waals surface area contributed by atoms with Crippen LogP contribution in [0.4, 0.5) is 5.69 Å². The maximum Gasteiger partial charge on any atom is 0.245 e. The van der Waals surface area contributed by atoms with Crippen LogP contribution in [0.5, 0.6) is 0 Å². The van der Waals surface area contributed by atoms with Gasteiger partial charge in [0, 0.05) is 18.7 Å². The number of guanidine groups is 1. The molecule has 4 nitrogen and oxygen atoms in total. The van der Waals surface area contributed by atoms with Crippen molar-refractivity contribution in [2.45, 2.75) is 6.42 Å². The van der Waals surface area contributed by atoms with Crippen LogP contribution in [0, 0.1) is 5.41 Å². The standard InChI is InChI=1S/C20H21N4/c1-24(19-12-11-17-9-5-6-10-18(17)15-19)23-20(21)22-14-13-16-7-3-2-4-8-16/h2-12,15H,1,13-14H2,(H3,21,22,23)/q+1. The smallest absolute Gasteiger partial charge is 0.245 e. The summed E-state index contributed by atoms with van der Waals surface area (Å²) in [6, 6.07) is 24.5. The van der Waals surface area contributed by atoms with Gasteiger partial charge in [-0.05, 0) is 28.8 Å². The molecule has 0 aliphatic carbocycles. The van der Waals surface area contributed by atoms with Gasteiger partial charge in [0.2, 0.25) is 11.6 Å². The first-order chi connectivity index (χ1) is 11.7. The molecule has 120 valence electrons. The van der Waals surface area contributed by atoms with Crippen LogP contribution in [0.2, 0.25) is 0 Å². The Morgan fingerprint density at radius 2 is 1.62 bits per heavy atom. The van der Waals surface area contributed by atoms with Crippen LogP contribution in [0.3, 0.4) is 0 Å². The van der Waals surface area contributed by atoms with Gasteiger partial charge in [0.25, 0.3) is 0 Å². The zero-order chi connectivity index (χ0) is 16.8. The molecule has 0 atom stereocenters. The molecule has 0 amide bonds. The van der Waals surface area contributed by atoms with Gasteiger partial charge < -0.3 is 5.32 Å². The zero-order valence-electron chi connectivity index (χ0n) is 13.5. The van der Waals surface area contributed by atoms with E-state index in [0.717, 1.165) is 17.5 Å². The minimum atomic E-state index is 0.231. The van der Waals surface area contributed by atoms with Crippen molar-refractivity contribution in [2.75, 3.05) is 6.54 Å². The zero-order valence-corrected chi connectivity index (χ0v) is 13.5. The molecule has 0 aliphatic heterocycles. The van der Waals surface area contributed by atoms with Gasteiger partial charge in [-0.2, -0.15) is 0 Å².